The monoisotopic (exact) mass is 213 g/mol. The van der Waals surface area contributed by atoms with Gasteiger partial charge in [0.2, 0.25) is 0 Å². The molecule has 1 aromatic rings. The Morgan fingerprint density at radius 1 is 1.29 bits per heavy atom. The van der Waals surface area contributed by atoms with Crippen molar-refractivity contribution >= 4 is 17.3 Å². The SMILES string of the molecule is Fc1cccc(N2CCCC2)c1CCl. The molecule has 0 saturated carbocycles. The van der Waals surface area contributed by atoms with Crippen molar-refractivity contribution < 1.29 is 4.39 Å². The molecule has 3 heteroatoms. The number of benzene rings is 1. The standard InChI is InChI=1S/C11H13ClFN/c12-8-9-10(13)4-3-5-11(9)14-6-1-2-7-14/h3-5H,1-2,6-8H2. The van der Waals surface area contributed by atoms with E-state index in [1.165, 1.54) is 18.9 Å². The van der Waals surface area contributed by atoms with Crippen LogP contribution in [0.1, 0.15) is 18.4 Å². The van der Waals surface area contributed by atoms with E-state index in [1.54, 1.807) is 6.07 Å². The average molecular weight is 214 g/mol. The van der Waals surface area contributed by atoms with Crippen LogP contribution in [0.2, 0.25) is 0 Å². The molecule has 1 aliphatic rings. The molecule has 0 unspecified atom stereocenters. The van der Waals surface area contributed by atoms with E-state index in [-0.39, 0.29) is 11.7 Å². The quantitative estimate of drug-likeness (QED) is 0.683. The lowest BCUT2D eigenvalue weighted by Gasteiger charge is -2.20. The number of rotatable bonds is 2. The first-order chi connectivity index (χ1) is 6.83. The third kappa shape index (κ3) is 1.71. The van der Waals surface area contributed by atoms with Gasteiger partial charge in [-0.25, -0.2) is 4.39 Å². The van der Waals surface area contributed by atoms with Gasteiger partial charge in [0.05, 0.1) is 5.88 Å². The number of hydrogen-bond acceptors (Lipinski definition) is 1. The lowest BCUT2D eigenvalue weighted by molar-refractivity contribution is 0.616. The summed E-state index contributed by atoms with van der Waals surface area (Å²) >= 11 is 5.75. The molecule has 1 saturated heterocycles. The number of anilines is 1. The fraction of sp³-hybridized carbons (Fsp3) is 0.455. The number of nitrogens with zero attached hydrogens (tertiary/aromatic N) is 1. The van der Waals surface area contributed by atoms with Crippen LogP contribution in [0.4, 0.5) is 10.1 Å². The minimum atomic E-state index is -0.190. The lowest BCUT2D eigenvalue weighted by Crippen LogP contribution is -2.19. The normalized spacial score (nSPS) is 16.3. The first-order valence-corrected chi connectivity index (χ1v) is 5.44. The zero-order valence-electron chi connectivity index (χ0n) is 7.97. The van der Waals surface area contributed by atoms with Crippen molar-refractivity contribution in [3.63, 3.8) is 0 Å². The first-order valence-electron chi connectivity index (χ1n) is 4.91. The molecule has 1 aliphatic heterocycles. The highest BCUT2D eigenvalue weighted by Gasteiger charge is 2.17. The Morgan fingerprint density at radius 3 is 2.64 bits per heavy atom. The van der Waals surface area contributed by atoms with Crippen molar-refractivity contribution in [2.24, 2.45) is 0 Å². The molecule has 1 heterocycles. The summed E-state index contributed by atoms with van der Waals surface area (Å²) in [6.07, 6.45) is 2.39. The fourth-order valence-corrected chi connectivity index (χ4v) is 2.20. The van der Waals surface area contributed by atoms with Gasteiger partial charge in [0.25, 0.3) is 0 Å². The maximum Gasteiger partial charge on any atom is 0.129 e. The molecule has 0 aliphatic carbocycles. The van der Waals surface area contributed by atoms with Gasteiger partial charge in [-0.05, 0) is 25.0 Å². The maximum atomic E-state index is 13.4. The molecule has 0 atom stereocenters. The highest BCUT2D eigenvalue weighted by molar-refractivity contribution is 6.17. The molecule has 0 N–H and O–H groups in total. The van der Waals surface area contributed by atoms with Crippen LogP contribution in [0.15, 0.2) is 18.2 Å². The molecule has 1 nitrogen and oxygen atoms in total. The minimum absolute atomic E-state index is 0.190. The average Bonchev–Trinajstić information content (AvgIpc) is 2.70. The van der Waals surface area contributed by atoms with Crippen LogP contribution in [0.3, 0.4) is 0 Å². The van der Waals surface area contributed by atoms with E-state index in [0.717, 1.165) is 18.8 Å². The third-order valence-electron chi connectivity index (χ3n) is 2.67. The molecule has 0 spiro atoms. The van der Waals surface area contributed by atoms with Gasteiger partial charge in [-0.2, -0.15) is 0 Å². The summed E-state index contributed by atoms with van der Waals surface area (Å²) in [5.74, 6) is 0.0581. The van der Waals surface area contributed by atoms with E-state index in [1.807, 2.05) is 6.07 Å². The van der Waals surface area contributed by atoms with E-state index < -0.39 is 0 Å². The zero-order valence-corrected chi connectivity index (χ0v) is 8.73. The molecular formula is C11H13ClFN. The molecule has 76 valence electrons. The Balaban J connectivity index is 2.35. The Bertz CT molecular complexity index is 321. The second-order valence-corrected chi connectivity index (χ2v) is 3.83. The van der Waals surface area contributed by atoms with E-state index in [2.05, 4.69) is 4.90 Å². The summed E-state index contributed by atoms with van der Waals surface area (Å²) in [5.41, 5.74) is 1.61. The largest absolute Gasteiger partial charge is 0.371 e. The van der Waals surface area contributed by atoms with Gasteiger partial charge < -0.3 is 4.90 Å². The van der Waals surface area contributed by atoms with Gasteiger partial charge in [0.1, 0.15) is 5.82 Å². The third-order valence-corrected chi connectivity index (χ3v) is 2.94. The smallest absolute Gasteiger partial charge is 0.129 e. The Hall–Kier alpha value is -0.760. The highest BCUT2D eigenvalue weighted by atomic mass is 35.5. The molecule has 0 aromatic heterocycles. The van der Waals surface area contributed by atoms with Gasteiger partial charge in [-0.3, -0.25) is 0 Å². The predicted octanol–water partition coefficient (Wildman–Crippen LogP) is 3.16. The van der Waals surface area contributed by atoms with Gasteiger partial charge in [0, 0.05) is 24.3 Å². The summed E-state index contributed by atoms with van der Waals surface area (Å²) in [6, 6.07) is 5.17. The summed E-state index contributed by atoms with van der Waals surface area (Å²) < 4.78 is 13.4. The van der Waals surface area contributed by atoms with Crippen LogP contribution in [0.25, 0.3) is 0 Å². The minimum Gasteiger partial charge on any atom is -0.371 e. The molecular weight excluding hydrogens is 201 g/mol. The molecule has 1 aromatic carbocycles. The Labute approximate surface area is 88.5 Å². The first kappa shape index (κ1) is 9.78. The van der Waals surface area contributed by atoms with Crippen LogP contribution >= 0.6 is 11.6 Å². The maximum absolute atomic E-state index is 13.4. The summed E-state index contributed by atoms with van der Waals surface area (Å²) in [7, 11) is 0. The fourth-order valence-electron chi connectivity index (χ4n) is 1.93. The van der Waals surface area contributed by atoms with Crippen LogP contribution in [0, 0.1) is 5.82 Å². The molecule has 14 heavy (non-hydrogen) atoms. The van der Waals surface area contributed by atoms with Crippen molar-refractivity contribution in [3.8, 4) is 0 Å². The van der Waals surface area contributed by atoms with E-state index in [0.29, 0.717) is 5.56 Å². The van der Waals surface area contributed by atoms with E-state index >= 15 is 0 Å². The predicted molar refractivity (Wildman–Crippen MR) is 57.4 cm³/mol. The van der Waals surface area contributed by atoms with Gasteiger partial charge in [-0.1, -0.05) is 6.07 Å². The number of alkyl halides is 1. The van der Waals surface area contributed by atoms with Gasteiger partial charge in [-0.15, -0.1) is 11.6 Å². The molecule has 1 fully saturated rings. The highest BCUT2D eigenvalue weighted by Crippen LogP contribution is 2.27. The summed E-state index contributed by atoms with van der Waals surface area (Å²) in [6.45, 7) is 2.04. The van der Waals surface area contributed by atoms with E-state index in [4.69, 9.17) is 11.6 Å². The van der Waals surface area contributed by atoms with E-state index in [9.17, 15) is 4.39 Å². The van der Waals surface area contributed by atoms with Crippen molar-refractivity contribution in [1.82, 2.24) is 0 Å². The number of hydrogen-bond donors (Lipinski definition) is 0. The Kier molecular flexibility index (Phi) is 2.92. The second-order valence-electron chi connectivity index (χ2n) is 3.57. The van der Waals surface area contributed by atoms with Crippen LogP contribution in [-0.2, 0) is 5.88 Å². The van der Waals surface area contributed by atoms with Crippen molar-refractivity contribution in [3.05, 3.63) is 29.6 Å². The zero-order chi connectivity index (χ0) is 9.97. The van der Waals surface area contributed by atoms with Gasteiger partial charge in [0.15, 0.2) is 0 Å². The van der Waals surface area contributed by atoms with Crippen molar-refractivity contribution in [1.29, 1.82) is 0 Å². The second kappa shape index (κ2) is 4.18. The summed E-state index contributed by atoms with van der Waals surface area (Å²) in [5, 5.41) is 0. The molecule has 0 radical (unpaired) electrons. The lowest BCUT2D eigenvalue weighted by atomic mass is 10.1. The van der Waals surface area contributed by atoms with Crippen LogP contribution < -0.4 is 4.90 Å². The summed E-state index contributed by atoms with van der Waals surface area (Å²) in [4.78, 5) is 2.21. The molecule has 2 rings (SSSR count). The molecule has 0 amide bonds. The topological polar surface area (TPSA) is 3.24 Å². The van der Waals surface area contributed by atoms with Crippen molar-refractivity contribution in [2.75, 3.05) is 18.0 Å². The Morgan fingerprint density at radius 2 is 2.00 bits per heavy atom. The van der Waals surface area contributed by atoms with Crippen LogP contribution in [-0.4, -0.2) is 13.1 Å². The van der Waals surface area contributed by atoms with Crippen LogP contribution in [0.5, 0.6) is 0 Å². The van der Waals surface area contributed by atoms with Crippen molar-refractivity contribution in [2.45, 2.75) is 18.7 Å². The van der Waals surface area contributed by atoms with Gasteiger partial charge >= 0.3 is 0 Å². The number of halogens is 2. The molecule has 0 bridgehead atoms.